The summed E-state index contributed by atoms with van der Waals surface area (Å²) in [5.74, 6) is -0.0864. The summed E-state index contributed by atoms with van der Waals surface area (Å²) in [7, 11) is 1.86. The van der Waals surface area contributed by atoms with Gasteiger partial charge in [0.25, 0.3) is 0 Å². The second-order valence-corrected chi connectivity index (χ2v) is 3.74. The van der Waals surface area contributed by atoms with E-state index in [1.807, 2.05) is 27.1 Å². The molecule has 0 atom stereocenters. The van der Waals surface area contributed by atoms with Gasteiger partial charge in [0.1, 0.15) is 6.61 Å². The molecule has 0 aliphatic heterocycles. The van der Waals surface area contributed by atoms with Crippen molar-refractivity contribution in [3.8, 4) is 0 Å². The van der Waals surface area contributed by atoms with Crippen LogP contribution < -0.4 is 5.32 Å². The lowest BCUT2D eigenvalue weighted by Gasteiger charge is -2.04. The Hall–Kier alpha value is -1.36. The van der Waals surface area contributed by atoms with E-state index in [1.54, 1.807) is 4.68 Å². The number of ether oxygens (including phenoxy) is 1. The molecular weight excluding hydrogens is 206 g/mol. The number of carbonyl (C=O) groups is 1. The first-order valence-electron chi connectivity index (χ1n) is 5.47. The van der Waals surface area contributed by atoms with Crippen LogP contribution >= 0.6 is 0 Å². The number of hydrogen-bond acceptors (Lipinski definition) is 3. The number of nitrogens with one attached hydrogen (secondary N) is 1. The zero-order valence-electron chi connectivity index (χ0n) is 10.1. The molecule has 1 heterocycles. The molecule has 1 amide bonds. The van der Waals surface area contributed by atoms with Crippen LogP contribution in [0.3, 0.4) is 0 Å². The lowest BCUT2D eigenvalue weighted by Crippen LogP contribution is -2.27. The molecule has 0 aliphatic carbocycles. The average molecular weight is 225 g/mol. The van der Waals surface area contributed by atoms with E-state index >= 15 is 0 Å². The number of aryl methyl sites for hydroxylation is 2. The Morgan fingerprint density at radius 3 is 2.94 bits per heavy atom. The summed E-state index contributed by atoms with van der Waals surface area (Å²) in [5, 5.41) is 6.99. The molecule has 1 aromatic rings. The Kier molecular flexibility index (Phi) is 4.98. The predicted molar refractivity (Wildman–Crippen MR) is 60.9 cm³/mol. The third-order valence-electron chi connectivity index (χ3n) is 2.17. The number of aromatic nitrogens is 2. The van der Waals surface area contributed by atoms with E-state index in [-0.39, 0.29) is 12.5 Å². The minimum atomic E-state index is -0.0864. The lowest BCUT2D eigenvalue weighted by atomic mass is 10.2. The van der Waals surface area contributed by atoms with Crippen molar-refractivity contribution in [1.29, 1.82) is 0 Å². The topological polar surface area (TPSA) is 56.1 Å². The fourth-order valence-corrected chi connectivity index (χ4v) is 1.38. The smallest absolute Gasteiger partial charge is 0.246 e. The second-order valence-electron chi connectivity index (χ2n) is 3.74. The third-order valence-corrected chi connectivity index (χ3v) is 2.17. The number of rotatable bonds is 6. The van der Waals surface area contributed by atoms with Crippen LogP contribution in [0, 0.1) is 6.92 Å². The molecule has 0 saturated heterocycles. The summed E-state index contributed by atoms with van der Waals surface area (Å²) in [6.07, 6.45) is 2.83. The van der Waals surface area contributed by atoms with Gasteiger partial charge in [0.15, 0.2) is 0 Å². The molecule has 16 heavy (non-hydrogen) atoms. The fourth-order valence-electron chi connectivity index (χ4n) is 1.38. The molecule has 0 radical (unpaired) electrons. The van der Waals surface area contributed by atoms with Crippen molar-refractivity contribution in [2.75, 3.05) is 13.2 Å². The minimum Gasteiger partial charge on any atom is -0.372 e. The molecule has 0 spiro atoms. The van der Waals surface area contributed by atoms with Crippen molar-refractivity contribution in [2.24, 2.45) is 7.05 Å². The Labute approximate surface area is 95.8 Å². The van der Waals surface area contributed by atoms with Crippen LogP contribution in [-0.4, -0.2) is 28.9 Å². The van der Waals surface area contributed by atoms with E-state index < -0.39 is 0 Å². The maximum absolute atomic E-state index is 11.3. The zero-order chi connectivity index (χ0) is 12.0. The number of carbonyl (C=O) groups excluding carboxylic acids is 1. The van der Waals surface area contributed by atoms with Crippen molar-refractivity contribution < 1.29 is 9.53 Å². The lowest BCUT2D eigenvalue weighted by molar-refractivity contribution is -0.125. The van der Waals surface area contributed by atoms with Crippen LogP contribution in [0.2, 0.25) is 0 Å². The maximum Gasteiger partial charge on any atom is 0.246 e. The van der Waals surface area contributed by atoms with Gasteiger partial charge in [-0.25, -0.2) is 0 Å². The van der Waals surface area contributed by atoms with Crippen molar-refractivity contribution in [2.45, 2.75) is 26.8 Å². The highest BCUT2D eigenvalue weighted by atomic mass is 16.5. The summed E-state index contributed by atoms with van der Waals surface area (Å²) in [4.78, 5) is 11.3. The highest BCUT2D eigenvalue weighted by Gasteiger charge is 2.05. The van der Waals surface area contributed by atoms with Crippen LogP contribution in [-0.2, 0) is 23.1 Å². The Bertz CT molecular complexity index is 347. The molecule has 1 rings (SSSR count). The van der Waals surface area contributed by atoms with Gasteiger partial charge in [0.2, 0.25) is 5.91 Å². The van der Waals surface area contributed by atoms with Crippen LogP contribution in [0.25, 0.3) is 0 Å². The molecule has 1 aromatic heterocycles. The molecule has 0 aliphatic rings. The summed E-state index contributed by atoms with van der Waals surface area (Å²) < 4.78 is 6.88. The van der Waals surface area contributed by atoms with E-state index in [2.05, 4.69) is 10.4 Å². The maximum atomic E-state index is 11.3. The Morgan fingerprint density at radius 2 is 2.38 bits per heavy atom. The van der Waals surface area contributed by atoms with Crippen molar-refractivity contribution in [3.05, 3.63) is 17.5 Å². The molecule has 90 valence electrons. The molecule has 5 nitrogen and oxygen atoms in total. The highest BCUT2D eigenvalue weighted by molar-refractivity contribution is 5.77. The van der Waals surface area contributed by atoms with Crippen LogP contribution in [0.4, 0.5) is 0 Å². The first-order valence-corrected chi connectivity index (χ1v) is 5.47. The zero-order valence-corrected chi connectivity index (χ0v) is 10.1. The van der Waals surface area contributed by atoms with Gasteiger partial charge in [0, 0.05) is 32.0 Å². The van der Waals surface area contributed by atoms with Gasteiger partial charge < -0.3 is 10.1 Å². The predicted octanol–water partition coefficient (Wildman–Crippen LogP) is 0.771. The molecule has 0 unspecified atom stereocenters. The summed E-state index contributed by atoms with van der Waals surface area (Å²) >= 11 is 0. The Morgan fingerprint density at radius 1 is 1.62 bits per heavy atom. The van der Waals surface area contributed by atoms with Crippen molar-refractivity contribution >= 4 is 5.91 Å². The van der Waals surface area contributed by atoms with E-state index in [0.29, 0.717) is 13.2 Å². The SMILES string of the molecule is CCCOCC(=O)NCc1cn(C)nc1C. The quantitative estimate of drug-likeness (QED) is 0.728. The van der Waals surface area contributed by atoms with Gasteiger partial charge in [-0.3, -0.25) is 9.48 Å². The van der Waals surface area contributed by atoms with Crippen LogP contribution in [0.15, 0.2) is 6.20 Å². The third kappa shape index (κ3) is 4.02. The molecule has 1 N–H and O–H groups in total. The monoisotopic (exact) mass is 225 g/mol. The normalized spacial score (nSPS) is 10.4. The molecule has 0 bridgehead atoms. The van der Waals surface area contributed by atoms with Gasteiger partial charge in [-0.05, 0) is 13.3 Å². The second kappa shape index (κ2) is 6.27. The first kappa shape index (κ1) is 12.7. The molecule has 0 aromatic carbocycles. The van der Waals surface area contributed by atoms with Gasteiger partial charge in [-0.2, -0.15) is 5.10 Å². The molecule has 5 heteroatoms. The van der Waals surface area contributed by atoms with E-state index in [9.17, 15) is 4.79 Å². The van der Waals surface area contributed by atoms with Gasteiger partial charge in [0.05, 0.1) is 5.69 Å². The standard InChI is InChI=1S/C11H19N3O2/c1-4-5-16-8-11(15)12-6-10-7-14(3)13-9(10)2/h7H,4-6,8H2,1-3H3,(H,12,15). The largest absolute Gasteiger partial charge is 0.372 e. The average Bonchev–Trinajstić information content (AvgIpc) is 2.55. The van der Waals surface area contributed by atoms with Crippen LogP contribution in [0.5, 0.6) is 0 Å². The minimum absolute atomic E-state index is 0.0864. The van der Waals surface area contributed by atoms with E-state index in [1.165, 1.54) is 0 Å². The van der Waals surface area contributed by atoms with Gasteiger partial charge >= 0.3 is 0 Å². The fraction of sp³-hybridized carbons (Fsp3) is 0.636. The van der Waals surface area contributed by atoms with Gasteiger partial charge in [-0.1, -0.05) is 6.92 Å². The van der Waals surface area contributed by atoms with E-state index in [4.69, 9.17) is 4.74 Å². The van der Waals surface area contributed by atoms with Gasteiger partial charge in [-0.15, -0.1) is 0 Å². The molecular formula is C11H19N3O2. The Balaban J connectivity index is 2.29. The van der Waals surface area contributed by atoms with Crippen molar-refractivity contribution in [3.63, 3.8) is 0 Å². The van der Waals surface area contributed by atoms with E-state index in [0.717, 1.165) is 17.7 Å². The summed E-state index contributed by atoms with van der Waals surface area (Å²) in [6.45, 7) is 5.20. The van der Waals surface area contributed by atoms with Crippen LogP contribution in [0.1, 0.15) is 24.6 Å². The van der Waals surface area contributed by atoms with Crippen molar-refractivity contribution in [1.82, 2.24) is 15.1 Å². The first-order chi connectivity index (χ1) is 7.63. The summed E-state index contributed by atoms with van der Waals surface area (Å²) in [5.41, 5.74) is 1.98. The molecule has 0 saturated carbocycles. The molecule has 0 fully saturated rings. The highest BCUT2D eigenvalue weighted by Crippen LogP contribution is 2.03. The number of hydrogen-bond donors (Lipinski definition) is 1. The number of nitrogens with zero attached hydrogens (tertiary/aromatic N) is 2. The number of amides is 1. The summed E-state index contributed by atoms with van der Waals surface area (Å²) in [6, 6.07) is 0.